The van der Waals surface area contributed by atoms with Gasteiger partial charge in [0, 0.05) is 23.3 Å². The second-order valence-electron chi connectivity index (χ2n) is 6.37. The Morgan fingerprint density at radius 3 is 2.68 bits per heavy atom. The zero-order valence-electron chi connectivity index (χ0n) is 15.6. The lowest BCUT2D eigenvalue weighted by atomic mass is 10.1. The first-order chi connectivity index (χ1) is 13.4. The van der Waals surface area contributed by atoms with Crippen LogP contribution in [-0.2, 0) is 6.42 Å². The third-order valence-corrected chi connectivity index (χ3v) is 4.41. The van der Waals surface area contributed by atoms with Gasteiger partial charge in [0.1, 0.15) is 23.2 Å². The summed E-state index contributed by atoms with van der Waals surface area (Å²) in [5.74, 6) is 0.340. The third kappa shape index (κ3) is 5.04. The van der Waals surface area contributed by atoms with Crippen molar-refractivity contribution >= 4 is 29.0 Å². The number of rotatable bonds is 6. The van der Waals surface area contributed by atoms with Crippen molar-refractivity contribution in [3.05, 3.63) is 82.0 Å². The topological polar surface area (TPSA) is 66.9 Å². The summed E-state index contributed by atoms with van der Waals surface area (Å²) in [6.07, 6.45) is 0.398. The van der Waals surface area contributed by atoms with Crippen molar-refractivity contribution in [3.8, 4) is 0 Å². The third-order valence-electron chi connectivity index (χ3n) is 4.17. The maximum Gasteiger partial charge on any atom is 0.270 e. The van der Waals surface area contributed by atoms with Crippen LogP contribution in [0, 0.1) is 19.7 Å². The van der Waals surface area contributed by atoms with Gasteiger partial charge < -0.3 is 10.6 Å². The number of nitrogens with one attached hydrogen (secondary N) is 2. The van der Waals surface area contributed by atoms with Gasteiger partial charge in [-0.15, -0.1) is 0 Å². The number of nitrogens with zero attached hydrogens (tertiary/aromatic N) is 2. The molecule has 2 aromatic carbocycles. The number of carbonyl (C=O) groups excluding carboxylic acids is 1. The van der Waals surface area contributed by atoms with Gasteiger partial charge in [-0.25, -0.2) is 14.4 Å². The lowest BCUT2D eigenvalue weighted by molar-refractivity contribution is 0.0948. The summed E-state index contributed by atoms with van der Waals surface area (Å²) in [6, 6.07) is 13.6. The molecule has 1 amide bonds. The molecule has 1 aromatic heterocycles. The molecular formula is C21H20ClFN4O. The molecule has 0 aliphatic rings. The van der Waals surface area contributed by atoms with E-state index >= 15 is 0 Å². The summed E-state index contributed by atoms with van der Waals surface area (Å²) >= 11 is 6.05. The molecule has 2 N–H and O–H groups in total. The molecule has 0 spiro atoms. The number of aromatic nitrogens is 2. The molecular weight excluding hydrogens is 379 g/mol. The van der Waals surface area contributed by atoms with Crippen LogP contribution in [0.4, 0.5) is 15.9 Å². The average Bonchev–Trinajstić information content (AvgIpc) is 2.65. The molecule has 7 heteroatoms. The summed E-state index contributed by atoms with van der Waals surface area (Å²) in [5, 5.41) is 6.54. The van der Waals surface area contributed by atoms with E-state index in [4.69, 9.17) is 11.6 Å². The van der Waals surface area contributed by atoms with Crippen LogP contribution in [0.15, 0.2) is 48.5 Å². The molecule has 0 radical (unpaired) electrons. The predicted octanol–water partition coefficient (Wildman–Crippen LogP) is 4.60. The van der Waals surface area contributed by atoms with Gasteiger partial charge in [0.05, 0.1) is 0 Å². The van der Waals surface area contributed by atoms with E-state index in [0.29, 0.717) is 35.2 Å². The molecule has 0 bridgehead atoms. The van der Waals surface area contributed by atoms with Crippen LogP contribution in [0.1, 0.15) is 27.4 Å². The van der Waals surface area contributed by atoms with E-state index in [0.717, 1.165) is 11.3 Å². The minimum absolute atomic E-state index is 0.239. The number of halogens is 2. The van der Waals surface area contributed by atoms with Crippen molar-refractivity contribution in [2.45, 2.75) is 20.3 Å². The van der Waals surface area contributed by atoms with Crippen LogP contribution in [0.5, 0.6) is 0 Å². The zero-order chi connectivity index (χ0) is 20.1. The summed E-state index contributed by atoms with van der Waals surface area (Å²) in [5.41, 5.74) is 2.59. The van der Waals surface area contributed by atoms with Crippen LogP contribution >= 0.6 is 11.6 Å². The lowest BCUT2D eigenvalue weighted by Crippen LogP contribution is -2.27. The van der Waals surface area contributed by atoms with E-state index in [1.807, 2.05) is 19.1 Å². The Kier molecular flexibility index (Phi) is 6.21. The fourth-order valence-corrected chi connectivity index (χ4v) is 2.89. The highest BCUT2D eigenvalue weighted by molar-refractivity contribution is 6.30. The fraction of sp³-hybridized carbons (Fsp3) is 0.190. The first kappa shape index (κ1) is 19.8. The quantitative estimate of drug-likeness (QED) is 0.636. The zero-order valence-corrected chi connectivity index (χ0v) is 16.3. The second kappa shape index (κ2) is 8.80. The molecule has 3 rings (SSSR count). The number of amides is 1. The van der Waals surface area contributed by atoms with Gasteiger partial charge in [-0.3, -0.25) is 4.79 Å². The molecule has 0 saturated carbocycles. The number of anilines is 2. The first-order valence-electron chi connectivity index (χ1n) is 8.83. The second-order valence-corrected chi connectivity index (χ2v) is 6.80. The van der Waals surface area contributed by atoms with Crippen molar-refractivity contribution in [1.29, 1.82) is 0 Å². The maximum absolute atomic E-state index is 13.7. The van der Waals surface area contributed by atoms with E-state index in [1.165, 1.54) is 6.07 Å². The van der Waals surface area contributed by atoms with Crippen molar-refractivity contribution in [2.24, 2.45) is 0 Å². The minimum Gasteiger partial charge on any atom is -0.350 e. The Labute approximate surface area is 168 Å². The van der Waals surface area contributed by atoms with E-state index in [1.54, 1.807) is 37.3 Å². The fourth-order valence-electron chi connectivity index (χ4n) is 2.72. The maximum atomic E-state index is 13.7. The monoisotopic (exact) mass is 398 g/mol. The molecule has 144 valence electrons. The molecule has 0 fully saturated rings. The molecule has 3 aromatic rings. The summed E-state index contributed by atoms with van der Waals surface area (Å²) in [6.45, 7) is 3.97. The largest absolute Gasteiger partial charge is 0.350 e. The van der Waals surface area contributed by atoms with Crippen LogP contribution in [0.25, 0.3) is 0 Å². The van der Waals surface area contributed by atoms with Crippen molar-refractivity contribution < 1.29 is 9.18 Å². The highest BCUT2D eigenvalue weighted by Gasteiger charge is 2.12. The Balaban J connectivity index is 1.69. The summed E-state index contributed by atoms with van der Waals surface area (Å²) in [4.78, 5) is 21.0. The number of benzene rings is 2. The summed E-state index contributed by atoms with van der Waals surface area (Å²) < 4.78 is 13.7. The molecule has 0 saturated heterocycles. The van der Waals surface area contributed by atoms with Gasteiger partial charge in [0.25, 0.3) is 5.91 Å². The minimum atomic E-state index is -0.340. The van der Waals surface area contributed by atoms with E-state index in [9.17, 15) is 9.18 Å². The Morgan fingerprint density at radius 1 is 1.11 bits per heavy atom. The van der Waals surface area contributed by atoms with Gasteiger partial charge in [-0.1, -0.05) is 35.9 Å². The van der Waals surface area contributed by atoms with Crippen LogP contribution < -0.4 is 10.6 Å². The Hall–Kier alpha value is -2.99. The van der Waals surface area contributed by atoms with Gasteiger partial charge in [0.2, 0.25) is 0 Å². The molecule has 0 aliphatic heterocycles. The van der Waals surface area contributed by atoms with Crippen molar-refractivity contribution in [3.63, 3.8) is 0 Å². The van der Waals surface area contributed by atoms with Crippen LogP contribution in [-0.4, -0.2) is 22.4 Å². The van der Waals surface area contributed by atoms with Crippen LogP contribution in [0.3, 0.4) is 0 Å². The van der Waals surface area contributed by atoms with E-state index < -0.39 is 0 Å². The van der Waals surface area contributed by atoms with Gasteiger partial charge >= 0.3 is 0 Å². The SMILES string of the molecule is Cc1nc(Nc2cc(Cl)ccc2C)cc(C(=O)NCCc2ccccc2F)n1. The Morgan fingerprint density at radius 2 is 1.89 bits per heavy atom. The van der Waals surface area contributed by atoms with E-state index in [2.05, 4.69) is 20.6 Å². The first-order valence-corrected chi connectivity index (χ1v) is 9.20. The molecule has 0 atom stereocenters. The standard InChI is InChI=1S/C21H20ClFN4O/c1-13-7-8-16(22)11-18(13)27-20-12-19(25-14(2)26-20)21(28)24-10-9-15-5-3-4-6-17(15)23/h3-8,11-12H,9-10H2,1-2H3,(H,24,28)(H,25,26,27). The number of hydrogen-bond acceptors (Lipinski definition) is 4. The van der Waals surface area contributed by atoms with Crippen molar-refractivity contribution in [2.75, 3.05) is 11.9 Å². The Bertz CT molecular complexity index is 1010. The number of carbonyl (C=O) groups is 1. The van der Waals surface area contributed by atoms with Crippen LogP contribution in [0.2, 0.25) is 5.02 Å². The summed E-state index contributed by atoms with van der Waals surface area (Å²) in [7, 11) is 0. The van der Waals surface area contributed by atoms with Gasteiger partial charge in [0.15, 0.2) is 0 Å². The average molecular weight is 399 g/mol. The molecule has 1 heterocycles. The normalized spacial score (nSPS) is 10.6. The highest BCUT2D eigenvalue weighted by atomic mass is 35.5. The predicted molar refractivity (Wildman–Crippen MR) is 109 cm³/mol. The van der Waals surface area contributed by atoms with Crippen molar-refractivity contribution in [1.82, 2.24) is 15.3 Å². The highest BCUT2D eigenvalue weighted by Crippen LogP contribution is 2.23. The number of hydrogen-bond donors (Lipinski definition) is 2. The molecule has 5 nitrogen and oxygen atoms in total. The smallest absolute Gasteiger partial charge is 0.270 e. The lowest BCUT2D eigenvalue weighted by Gasteiger charge is -2.11. The van der Waals surface area contributed by atoms with Gasteiger partial charge in [-0.2, -0.15) is 0 Å². The molecule has 28 heavy (non-hydrogen) atoms. The molecule has 0 aliphatic carbocycles. The number of aryl methyl sites for hydroxylation is 2. The molecule has 0 unspecified atom stereocenters. The van der Waals surface area contributed by atoms with Gasteiger partial charge in [-0.05, 0) is 49.6 Å². The van der Waals surface area contributed by atoms with E-state index in [-0.39, 0.29) is 17.4 Å².